The fourth-order valence-electron chi connectivity index (χ4n) is 2.73. The molecule has 2 nitrogen and oxygen atoms in total. The molecule has 2 unspecified atom stereocenters. The van der Waals surface area contributed by atoms with Crippen LogP contribution in [0.1, 0.15) is 31.4 Å². The van der Waals surface area contributed by atoms with Gasteiger partial charge in [0.2, 0.25) is 0 Å². The minimum atomic E-state index is -4.29. The maximum absolute atomic E-state index is 13.1. The zero-order valence-electron chi connectivity index (χ0n) is 12.8. The van der Waals surface area contributed by atoms with Crippen LogP contribution in [0, 0.1) is 12.8 Å². The van der Waals surface area contributed by atoms with Crippen molar-refractivity contribution in [1.82, 2.24) is 5.32 Å². The Kier molecular flexibility index (Phi) is 4.81. The Labute approximate surface area is 124 Å². The van der Waals surface area contributed by atoms with Crippen molar-refractivity contribution in [2.45, 2.75) is 39.4 Å². The number of aryl methyl sites for hydroxylation is 1. The molecule has 1 aromatic carbocycles. The van der Waals surface area contributed by atoms with Crippen LogP contribution in [0.15, 0.2) is 18.2 Å². The lowest BCUT2D eigenvalue weighted by Gasteiger charge is -2.33. The molecule has 2 atom stereocenters. The number of halogens is 3. The number of anilines is 1. The smallest absolute Gasteiger partial charge is 0.371 e. The summed E-state index contributed by atoms with van der Waals surface area (Å²) in [6.07, 6.45) is -3.36. The van der Waals surface area contributed by atoms with Gasteiger partial charge in [0.25, 0.3) is 0 Å². The molecule has 0 aromatic heterocycles. The van der Waals surface area contributed by atoms with Crippen LogP contribution in [0.4, 0.5) is 18.9 Å². The van der Waals surface area contributed by atoms with E-state index in [9.17, 15) is 13.2 Å². The highest BCUT2D eigenvalue weighted by molar-refractivity contribution is 5.52. The standard InChI is InChI=1S/C16H23F3N2/c1-11-9-20-13(3)6-7-21(10-11)14-5-4-12(2)15(8-14)16(17,18)19/h4-5,8,11,13,20H,6-7,9-10H2,1-3H3. The van der Waals surface area contributed by atoms with Crippen LogP contribution in [0.5, 0.6) is 0 Å². The Balaban J connectivity index is 2.27. The van der Waals surface area contributed by atoms with Gasteiger partial charge in [-0.25, -0.2) is 0 Å². The first kappa shape index (κ1) is 16.1. The summed E-state index contributed by atoms with van der Waals surface area (Å²) in [5.74, 6) is 0.406. The highest BCUT2D eigenvalue weighted by Gasteiger charge is 2.33. The zero-order chi connectivity index (χ0) is 15.6. The summed E-state index contributed by atoms with van der Waals surface area (Å²) in [5, 5.41) is 3.44. The van der Waals surface area contributed by atoms with Crippen molar-refractivity contribution in [2.24, 2.45) is 5.92 Å². The Bertz CT molecular complexity index is 485. The van der Waals surface area contributed by atoms with Gasteiger partial charge in [-0.1, -0.05) is 13.0 Å². The summed E-state index contributed by atoms with van der Waals surface area (Å²) < 4.78 is 39.2. The van der Waals surface area contributed by atoms with Crippen molar-refractivity contribution in [2.75, 3.05) is 24.5 Å². The van der Waals surface area contributed by atoms with Crippen LogP contribution in [0.25, 0.3) is 0 Å². The molecule has 1 aliphatic heterocycles. The van der Waals surface area contributed by atoms with Crippen LogP contribution < -0.4 is 10.2 Å². The van der Waals surface area contributed by atoms with Gasteiger partial charge in [0.15, 0.2) is 0 Å². The maximum atomic E-state index is 13.1. The molecule has 5 heteroatoms. The molecule has 1 aliphatic rings. The molecule has 1 aromatic rings. The number of nitrogens with zero attached hydrogens (tertiary/aromatic N) is 1. The lowest BCUT2D eigenvalue weighted by Crippen LogP contribution is -2.42. The van der Waals surface area contributed by atoms with E-state index in [-0.39, 0.29) is 5.56 Å². The van der Waals surface area contributed by atoms with E-state index >= 15 is 0 Å². The van der Waals surface area contributed by atoms with Crippen molar-refractivity contribution in [1.29, 1.82) is 0 Å². The third-order valence-corrected chi connectivity index (χ3v) is 4.07. The summed E-state index contributed by atoms with van der Waals surface area (Å²) >= 11 is 0. The molecule has 0 radical (unpaired) electrons. The molecule has 0 amide bonds. The first-order valence-corrected chi connectivity index (χ1v) is 7.43. The van der Waals surface area contributed by atoms with Gasteiger partial charge in [-0.2, -0.15) is 13.2 Å². The lowest BCUT2D eigenvalue weighted by molar-refractivity contribution is -0.138. The molecule has 118 valence electrons. The van der Waals surface area contributed by atoms with Gasteiger partial charge in [0, 0.05) is 24.8 Å². The number of hydrogen-bond acceptors (Lipinski definition) is 2. The summed E-state index contributed by atoms with van der Waals surface area (Å²) in [5.41, 5.74) is 0.427. The topological polar surface area (TPSA) is 15.3 Å². The molecular formula is C16H23F3N2. The quantitative estimate of drug-likeness (QED) is 0.848. The van der Waals surface area contributed by atoms with Crippen molar-refractivity contribution in [3.8, 4) is 0 Å². The average Bonchev–Trinajstić information content (AvgIpc) is 2.38. The van der Waals surface area contributed by atoms with Crippen molar-refractivity contribution < 1.29 is 13.2 Å². The molecule has 1 fully saturated rings. The maximum Gasteiger partial charge on any atom is 0.416 e. The van der Waals surface area contributed by atoms with Crippen LogP contribution >= 0.6 is 0 Å². The highest BCUT2D eigenvalue weighted by Crippen LogP contribution is 2.34. The van der Waals surface area contributed by atoms with Gasteiger partial charge >= 0.3 is 6.18 Å². The summed E-state index contributed by atoms with van der Waals surface area (Å²) in [6.45, 7) is 8.20. The van der Waals surface area contributed by atoms with Crippen LogP contribution in [0.3, 0.4) is 0 Å². The monoisotopic (exact) mass is 300 g/mol. The zero-order valence-corrected chi connectivity index (χ0v) is 12.8. The van der Waals surface area contributed by atoms with Crippen molar-refractivity contribution in [3.05, 3.63) is 29.3 Å². The predicted molar refractivity (Wildman–Crippen MR) is 79.6 cm³/mol. The highest BCUT2D eigenvalue weighted by atomic mass is 19.4. The predicted octanol–water partition coefficient (Wildman–Crippen LogP) is 3.84. The second kappa shape index (κ2) is 6.26. The van der Waals surface area contributed by atoms with E-state index in [1.54, 1.807) is 12.1 Å². The lowest BCUT2D eigenvalue weighted by atomic mass is 10.0. The fraction of sp³-hybridized carbons (Fsp3) is 0.625. The second-order valence-corrected chi connectivity index (χ2v) is 6.15. The molecular weight excluding hydrogens is 277 g/mol. The van der Waals surface area contributed by atoms with Gasteiger partial charge in [0.05, 0.1) is 5.56 Å². The molecule has 2 rings (SSSR count). The number of nitrogens with one attached hydrogen (secondary N) is 1. The van der Waals surface area contributed by atoms with E-state index in [1.807, 2.05) is 0 Å². The van der Waals surface area contributed by atoms with Crippen LogP contribution in [0.2, 0.25) is 0 Å². The average molecular weight is 300 g/mol. The van der Waals surface area contributed by atoms with Crippen LogP contribution in [-0.2, 0) is 6.18 Å². The number of rotatable bonds is 1. The van der Waals surface area contributed by atoms with E-state index in [0.29, 0.717) is 17.6 Å². The van der Waals surface area contributed by atoms with Gasteiger partial charge in [-0.15, -0.1) is 0 Å². The Morgan fingerprint density at radius 1 is 1.24 bits per heavy atom. The molecule has 0 bridgehead atoms. The van der Waals surface area contributed by atoms with Crippen molar-refractivity contribution >= 4 is 5.69 Å². The Morgan fingerprint density at radius 2 is 1.95 bits per heavy atom. The third-order valence-electron chi connectivity index (χ3n) is 4.07. The van der Waals surface area contributed by atoms with Gasteiger partial charge in [0.1, 0.15) is 0 Å². The summed E-state index contributed by atoms with van der Waals surface area (Å²) in [4.78, 5) is 2.08. The largest absolute Gasteiger partial charge is 0.416 e. The molecule has 1 N–H and O–H groups in total. The Morgan fingerprint density at radius 3 is 2.62 bits per heavy atom. The van der Waals surface area contributed by atoms with Gasteiger partial charge in [-0.05, 0) is 50.4 Å². The SMILES string of the molecule is Cc1ccc(N2CCC(C)NCC(C)C2)cc1C(F)(F)F. The van der Waals surface area contributed by atoms with E-state index < -0.39 is 11.7 Å². The first-order valence-electron chi connectivity index (χ1n) is 7.43. The minimum absolute atomic E-state index is 0.279. The normalized spacial score (nSPS) is 24.6. The third kappa shape index (κ3) is 4.13. The molecule has 1 saturated heterocycles. The molecule has 1 heterocycles. The number of alkyl halides is 3. The number of benzene rings is 1. The van der Waals surface area contributed by atoms with E-state index in [1.165, 1.54) is 13.0 Å². The first-order chi connectivity index (χ1) is 9.77. The molecule has 0 aliphatic carbocycles. The Hall–Kier alpha value is -1.23. The van der Waals surface area contributed by atoms with Gasteiger partial charge < -0.3 is 10.2 Å². The number of hydrogen-bond donors (Lipinski definition) is 1. The fourth-order valence-corrected chi connectivity index (χ4v) is 2.73. The molecule has 0 spiro atoms. The van der Waals surface area contributed by atoms with E-state index in [0.717, 1.165) is 26.1 Å². The molecule has 0 saturated carbocycles. The van der Waals surface area contributed by atoms with E-state index in [2.05, 4.69) is 24.1 Å². The molecule has 21 heavy (non-hydrogen) atoms. The second-order valence-electron chi connectivity index (χ2n) is 6.15. The van der Waals surface area contributed by atoms with Crippen molar-refractivity contribution in [3.63, 3.8) is 0 Å². The van der Waals surface area contributed by atoms with Gasteiger partial charge in [-0.3, -0.25) is 0 Å². The van der Waals surface area contributed by atoms with E-state index in [4.69, 9.17) is 0 Å². The van der Waals surface area contributed by atoms with Crippen LogP contribution in [-0.4, -0.2) is 25.7 Å². The summed E-state index contributed by atoms with van der Waals surface area (Å²) in [6, 6.07) is 5.06. The summed E-state index contributed by atoms with van der Waals surface area (Å²) in [7, 11) is 0. The minimum Gasteiger partial charge on any atom is -0.371 e.